The van der Waals surface area contributed by atoms with Crippen molar-refractivity contribution in [2.24, 2.45) is 0 Å². The van der Waals surface area contributed by atoms with Crippen molar-refractivity contribution >= 4 is 33.2 Å². The van der Waals surface area contributed by atoms with Gasteiger partial charge in [-0.05, 0) is 36.4 Å². The van der Waals surface area contributed by atoms with Gasteiger partial charge < -0.3 is 11.1 Å². The number of carbonyl (C=O) groups is 1. The predicted molar refractivity (Wildman–Crippen MR) is 77.7 cm³/mol. The molecule has 0 bridgehead atoms. The molecule has 19 heavy (non-hydrogen) atoms. The van der Waals surface area contributed by atoms with E-state index < -0.39 is 0 Å². The van der Waals surface area contributed by atoms with Gasteiger partial charge in [-0.3, -0.25) is 4.79 Å². The Labute approximate surface area is 119 Å². The van der Waals surface area contributed by atoms with Crippen molar-refractivity contribution in [3.8, 4) is 6.07 Å². The number of hydrogen-bond donors (Lipinski definition) is 2. The number of nitrogens with one attached hydrogen (secondary N) is 1. The number of hydrogen-bond acceptors (Lipinski definition) is 3. The molecule has 0 saturated heterocycles. The van der Waals surface area contributed by atoms with E-state index in [1.54, 1.807) is 36.4 Å². The van der Waals surface area contributed by atoms with Crippen molar-refractivity contribution in [3.05, 3.63) is 58.1 Å². The number of halogens is 1. The van der Waals surface area contributed by atoms with Crippen molar-refractivity contribution in [3.63, 3.8) is 0 Å². The van der Waals surface area contributed by atoms with Crippen LogP contribution in [0.1, 0.15) is 15.9 Å². The summed E-state index contributed by atoms with van der Waals surface area (Å²) < 4.78 is 0.842. The summed E-state index contributed by atoms with van der Waals surface area (Å²) in [5.74, 6) is -0.300. The lowest BCUT2D eigenvalue weighted by atomic mass is 10.1. The van der Waals surface area contributed by atoms with Crippen LogP contribution in [0.15, 0.2) is 46.9 Å². The van der Waals surface area contributed by atoms with Crippen LogP contribution in [0, 0.1) is 11.3 Å². The monoisotopic (exact) mass is 315 g/mol. The minimum Gasteiger partial charge on any atom is -0.397 e. The minimum atomic E-state index is -0.300. The fourth-order valence-corrected chi connectivity index (χ4v) is 1.95. The molecule has 0 aliphatic rings. The molecule has 0 saturated carbocycles. The van der Waals surface area contributed by atoms with E-state index in [0.29, 0.717) is 22.5 Å². The smallest absolute Gasteiger partial charge is 0.255 e. The molecule has 0 atom stereocenters. The summed E-state index contributed by atoms with van der Waals surface area (Å²) in [4.78, 5) is 12.0. The summed E-state index contributed by atoms with van der Waals surface area (Å²) in [7, 11) is 0. The number of anilines is 2. The second kappa shape index (κ2) is 5.55. The van der Waals surface area contributed by atoms with Crippen LogP contribution in [0.3, 0.4) is 0 Å². The Hall–Kier alpha value is -2.32. The zero-order chi connectivity index (χ0) is 13.8. The van der Waals surface area contributed by atoms with Crippen LogP contribution < -0.4 is 11.1 Å². The fourth-order valence-electron chi connectivity index (χ4n) is 1.57. The maximum Gasteiger partial charge on any atom is 0.255 e. The second-order valence-electron chi connectivity index (χ2n) is 3.88. The maximum absolute atomic E-state index is 12.0. The van der Waals surface area contributed by atoms with Crippen LogP contribution in [-0.2, 0) is 0 Å². The molecule has 0 aliphatic heterocycles. The van der Waals surface area contributed by atoms with Crippen LogP contribution in [0.25, 0.3) is 0 Å². The molecule has 0 heterocycles. The third-order valence-electron chi connectivity index (χ3n) is 2.52. The highest BCUT2D eigenvalue weighted by Gasteiger charge is 2.08. The number of nitrogens with two attached hydrogens (primary N) is 1. The number of rotatable bonds is 2. The Balaban J connectivity index is 2.23. The molecule has 5 heteroatoms. The topological polar surface area (TPSA) is 78.9 Å². The summed E-state index contributed by atoms with van der Waals surface area (Å²) in [6.07, 6.45) is 0. The van der Waals surface area contributed by atoms with Crippen LogP contribution >= 0.6 is 15.9 Å². The number of nitriles is 1. The molecule has 1 amide bonds. The van der Waals surface area contributed by atoms with Crippen molar-refractivity contribution < 1.29 is 4.79 Å². The van der Waals surface area contributed by atoms with E-state index in [1.807, 2.05) is 6.07 Å². The van der Waals surface area contributed by atoms with Gasteiger partial charge >= 0.3 is 0 Å². The van der Waals surface area contributed by atoms with Crippen LogP contribution in [0.4, 0.5) is 11.4 Å². The van der Waals surface area contributed by atoms with E-state index in [1.165, 1.54) is 6.07 Å². The van der Waals surface area contributed by atoms with Crippen molar-refractivity contribution in [1.29, 1.82) is 5.26 Å². The zero-order valence-corrected chi connectivity index (χ0v) is 11.4. The lowest BCUT2D eigenvalue weighted by Gasteiger charge is -2.08. The van der Waals surface area contributed by atoms with Crippen molar-refractivity contribution in [1.82, 2.24) is 0 Å². The number of carbonyl (C=O) groups excluding carboxylic acids is 1. The average molecular weight is 316 g/mol. The summed E-state index contributed by atoms with van der Waals surface area (Å²) >= 11 is 3.30. The second-order valence-corrected chi connectivity index (χ2v) is 4.79. The van der Waals surface area contributed by atoms with Gasteiger partial charge in [0.25, 0.3) is 5.91 Å². The first-order chi connectivity index (χ1) is 9.10. The minimum absolute atomic E-state index is 0.300. The lowest BCUT2D eigenvalue weighted by molar-refractivity contribution is 0.102. The molecule has 0 aliphatic carbocycles. The van der Waals surface area contributed by atoms with Gasteiger partial charge in [-0.15, -0.1) is 0 Å². The molecule has 4 nitrogen and oxygen atoms in total. The Morgan fingerprint density at radius 1 is 1.26 bits per heavy atom. The molecule has 0 aromatic heterocycles. The average Bonchev–Trinajstić information content (AvgIpc) is 2.42. The molecule has 3 N–H and O–H groups in total. The fraction of sp³-hybridized carbons (Fsp3) is 0. The Morgan fingerprint density at radius 3 is 2.74 bits per heavy atom. The molecule has 0 radical (unpaired) electrons. The van der Waals surface area contributed by atoms with Gasteiger partial charge in [0.05, 0.1) is 23.0 Å². The van der Waals surface area contributed by atoms with E-state index in [2.05, 4.69) is 21.2 Å². The van der Waals surface area contributed by atoms with Gasteiger partial charge in [0.15, 0.2) is 0 Å². The van der Waals surface area contributed by atoms with E-state index >= 15 is 0 Å². The number of benzene rings is 2. The van der Waals surface area contributed by atoms with Crippen molar-refractivity contribution in [2.45, 2.75) is 0 Å². The quantitative estimate of drug-likeness (QED) is 0.835. The summed E-state index contributed by atoms with van der Waals surface area (Å²) in [5.41, 5.74) is 7.67. The molecular formula is C14H10BrN3O. The Morgan fingerprint density at radius 2 is 2.05 bits per heavy atom. The maximum atomic E-state index is 12.0. The van der Waals surface area contributed by atoms with E-state index in [4.69, 9.17) is 11.0 Å². The van der Waals surface area contributed by atoms with Gasteiger partial charge in [0.1, 0.15) is 0 Å². The first kappa shape index (κ1) is 13.1. The van der Waals surface area contributed by atoms with Gasteiger partial charge in [-0.1, -0.05) is 22.0 Å². The highest BCUT2D eigenvalue weighted by Crippen LogP contribution is 2.23. The first-order valence-electron chi connectivity index (χ1n) is 5.46. The highest BCUT2D eigenvalue weighted by atomic mass is 79.9. The molecular weight excluding hydrogens is 306 g/mol. The van der Waals surface area contributed by atoms with E-state index in [0.717, 1.165) is 4.47 Å². The molecule has 0 spiro atoms. The highest BCUT2D eigenvalue weighted by molar-refractivity contribution is 9.10. The number of nitrogen functional groups attached to an aromatic ring is 1. The lowest BCUT2D eigenvalue weighted by Crippen LogP contribution is -2.13. The standard InChI is InChI=1S/C14H10BrN3O/c15-11-4-5-13(12(17)7-11)18-14(19)10-3-1-2-9(6-10)8-16/h1-7H,17H2,(H,18,19). The Bertz CT molecular complexity index is 677. The van der Waals surface area contributed by atoms with Crippen LogP contribution in [0.5, 0.6) is 0 Å². The van der Waals surface area contributed by atoms with Gasteiger partial charge in [-0.25, -0.2) is 0 Å². The summed E-state index contributed by atoms with van der Waals surface area (Å²) in [6, 6.07) is 13.7. The van der Waals surface area contributed by atoms with Gasteiger partial charge in [0, 0.05) is 10.0 Å². The van der Waals surface area contributed by atoms with Gasteiger partial charge in [-0.2, -0.15) is 5.26 Å². The van der Waals surface area contributed by atoms with Crippen LogP contribution in [-0.4, -0.2) is 5.91 Å². The number of nitrogens with zero attached hydrogens (tertiary/aromatic N) is 1. The number of amides is 1. The SMILES string of the molecule is N#Cc1cccc(C(=O)Nc2ccc(Br)cc2N)c1. The van der Waals surface area contributed by atoms with E-state index in [-0.39, 0.29) is 5.91 Å². The third kappa shape index (κ3) is 3.12. The first-order valence-corrected chi connectivity index (χ1v) is 6.26. The normalized spacial score (nSPS) is 9.68. The molecule has 0 unspecified atom stereocenters. The largest absolute Gasteiger partial charge is 0.397 e. The molecule has 0 fully saturated rings. The molecule has 2 aromatic carbocycles. The summed E-state index contributed by atoms with van der Waals surface area (Å²) in [5, 5.41) is 11.5. The predicted octanol–water partition coefficient (Wildman–Crippen LogP) is 3.16. The molecule has 94 valence electrons. The van der Waals surface area contributed by atoms with Crippen molar-refractivity contribution in [2.75, 3.05) is 11.1 Å². The van der Waals surface area contributed by atoms with E-state index in [9.17, 15) is 4.79 Å². The van der Waals surface area contributed by atoms with Crippen LogP contribution in [0.2, 0.25) is 0 Å². The third-order valence-corrected chi connectivity index (χ3v) is 3.01. The Kier molecular flexibility index (Phi) is 3.83. The summed E-state index contributed by atoms with van der Waals surface area (Å²) in [6.45, 7) is 0. The zero-order valence-electron chi connectivity index (χ0n) is 9.85. The molecule has 2 aromatic rings. The van der Waals surface area contributed by atoms with Gasteiger partial charge in [0.2, 0.25) is 0 Å². The molecule has 2 rings (SSSR count).